The topological polar surface area (TPSA) is 90.1 Å². The van der Waals surface area contributed by atoms with E-state index in [-0.39, 0.29) is 11.5 Å². The molecular formula is C8H14N4O3S. The van der Waals surface area contributed by atoms with Gasteiger partial charge in [-0.3, -0.25) is 19.0 Å². The molecule has 0 saturated heterocycles. The van der Waals surface area contributed by atoms with Crippen LogP contribution >= 0.6 is 0 Å². The molecule has 1 heterocycles. The summed E-state index contributed by atoms with van der Waals surface area (Å²) >= 11 is 0. The monoisotopic (exact) mass is 246 g/mol. The molecular weight excluding hydrogens is 232 g/mol. The number of rotatable bonds is 6. The number of nitro groups is 1. The molecule has 1 N–H and O–H groups in total. The maximum atomic E-state index is 11.1. The van der Waals surface area contributed by atoms with E-state index in [9.17, 15) is 14.3 Å². The summed E-state index contributed by atoms with van der Waals surface area (Å²) in [6.07, 6.45) is 1.33. The third kappa shape index (κ3) is 3.30. The van der Waals surface area contributed by atoms with E-state index < -0.39 is 15.7 Å². The van der Waals surface area contributed by atoms with Crippen molar-refractivity contribution in [2.45, 2.75) is 6.92 Å². The molecule has 0 aromatic carbocycles. The first-order valence-electron chi connectivity index (χ1n) is 4.81. The average Bonchev–Trinajstić information content (AvgIpc) is 2.59. The van der Waals surface area contributed by atoms with E-state index in [1.807, 2.05) is 6.92 Å². The molecule has 7 nitrogen and oxygen atoms in total. The Bertz CT molecular complexity index is 404. The fourth-order valence-electron chi connectivity index (χ4n) is 1.16. The van der Waals surface area contributed by atoms with Crippen molar-refractivity contribution in [3.05, 3.63) is 16.3 Å². The minimum Gasteiger partial charge on any atom is -0.362 e. The zero-order chi connectivity index (χ0) is 12.1. The number of nitrogens with zero attached hydrogens (tertiary/aromatic N) is 3. The summed E-state index contributed by atoms with van der Waals surface area (Å²) < 4.78 is 12.5. The van der Waals surface area contributed by atoms with Gasteiger partial charge in [0.1, 0.15) is 6.20 Å². The van der Waals surface area contributed by atoms with E-state index in [4.69, 9.17) is 0 Å². The van der Waals surface area contributed by atoms with Crippen LogP contribution < -0.4 is 5.32 Å². The van der Waals surface area contributed by atoms with Crippen molar-refractivity contribution in [3.63, 3.8) is 0 Å². The van der Waals surface area contributed by atoms with Crippen molar-refractivity contribution in [3.8, 4) is 0 Å². The van der Waals surface area contributed by atoms with Crippen LogP contribution in [-0.2, 0) is 17.8 Å². The van der Waals surface area contributed by atoms with E-state index in [0.717, 1.165) is 0 Å². The van der Waals surface area contributed by atoms with Gasteiger partial charge in [0.05, 0.1) is 4.92 Å². The Labute approximate surface area is 95.4 Å². The van der Waals surface area contributed by atoms with Crippen molar-refractivity contribution >= 4 is 22.3 Å². The molecule has 1 atom stereocenters. The molecule has 1 rings (SSSR count). The summed E-state index contributed by atoms with van der Waals surface area (Å²) in [5.74, 6) is 1.27. The molecule has 90 valence electrons. The molecule has 0 amide bonds. The fraction of sp³-hybridized carbons (Fsp3) is 0.625. The van der Waals surface area contributed by atoms with Gasteiger partial charge in [-0.1, -0.05) is 6.92 Å². The van der Waals surface area contributed by atoms with Crippen LogP contribution in [0, 0.1) is 10.1 Å². The van der Waals surface area contributed by atoms with Gasteiger partial charge >= 0.3 is 5.69 Å². The lowest BCUT2D eigenvalue weighted by molar-refractivity contribution is -0.384. The zero-order valence-electron chi connectivity index (χ0n) is 9.17. The standard InChI is InChI=1S/C8H14N4O3S/c1-3-16(15)5-4-9-8-7(12(13)14)6-11(2)10-8/h6H,3-5H2,1-2H3,(H,9,10). The summed E-state index contributed by atoms with van der Waals surface area (Å²) in [7, 11) is 0.735. The highest BCUT2D eigenvalue weighted by molar-refractivity contribution is 7.84. The molecule has 0 aliphatic rings. The number of nitrogens with one attached hydrogen (secondary N) is 1. The highest BCUT2D eigenvalue weighted by atomic mass is 32.2. The Balaban J connectivity index is 2.59. The molecule has 0 bridgehead atoms. The lowest BCUT2D eigenvalue weighted by Crippen LogP contribution is -2.13. The summed E-state index contributed by atoms with van der Waals surface area (Å²) in [5.41, 5.74) is -0.0650. The van der Waals surface area contributed by atoms with Crippen LogP contribution in [0.2, 0.25) is 0 Å². The minimum atomic E-state index is -0.878. The van der Waals surface area contributed by atoms with Crippen LogP contribution in [0.25, 0.3) is 0 Å². The molecule has 0 aliphatic heterocycles. The lowest BCUT2D eigenvalue weighted by Gasteiger charge is -2.01. The van der Waals surface area contributed by atoms with Gasteiger partial charge < -0.3 is 5.32 Å². The zero-order valence-corrected chi connectivity index (χ0v) is 9.99. The molecule has 0 saturated carbocycles. The van der Waals surface area contributed by atoms with Crippen LogP contribution in [-0.4, -0.2) is 37.0 Å². The molecule has 0 spiro atoms. The second-order valence-electron chi connectivity index (χ2n) is 3.15. The van der Waals surface area contributed by atoms with E-state index >= 15 is 0 Å². The third-order valence-corrected chi connectivity index (χ3v) is 3.25. The predicted octanol–water partition coefficient (Wildman–Crippen LogP) is 0.509. The van der Waals surface area contributed by atoms with Gasteiger partial charge in [-0.2, -0.15) is 0 Å². The maximum Gasteiger partial charge on any atom is 0.330 e. The number of aryl methyl sites for hydroxylation is 1. The Kier molecular flexibility index (Phi) is 4.41. The molecule has 8 heteroatoms. The van der Waals surface area contributed by atoms with Gasteiger partial charge in [-0.25, -0.2) is 0 Å². The number of hydrogen-bond acceptors (Lipinski definition) is 5. The second-order valence-corrected chi connectivity index (χ2v) is 5.02. The summed E-state index contributed by atoms with van der Waals surface area (Å²) in [4.78, 5) is 10.1. The largest absolute Gasteiger partial charge is 0.362 e. The molecule has 0 radical (unpaired) electrons. The summed E-state index contributed by atoms with van der Waals surface area (Å²) in [5, 5.41) is 17.4. The fourth-order valence-corrected chi connectivity index (χ4v) is 1.78. The van der Waals surface area contributed by atoms with Crippen LogP contribution in [0.4, 0.5) is 11.5 Å². The van der Waals surface area contributed by atoms with Crippen LogP contribution in [0.15, 0.2) is 6.20 Å². The molecule has 1 unspecified atom stereocenters. The van der Waals surface area contributed by atoms with Gasteiger partial charge in [0.2, 0.25) is 5.82 Å². The number of hydrogen-bond donors (Lipinski definition) is 1. The quantitative estimate of drug-likeness (QED) is 0.583. The van der Waals surface area contributed by atoms with E-state index in [1.165, 1.54) is 10.9 Å². The smallest absolute Gasteiger partial charge is 0.330 e. The Morgan fingerprint density at radius 1 is 1.69 bits per heavy atom. The first-order chi connectivity index (χ1) is 7.54. The molecule has 0 fully saturated rings. The van der Waals surface area contributed by atoms with Crippen LogP contribution in [0.1, 0.15) is 6.92 Å². The minimum absolute atomic E-state index is 0.0650. The Hall–Kier alpha value is -1.44. The van der Waals surface area contributed by atoms with Crippen molar-refractivity contribution in [1.29, 1.82) is 0 Å². The molecule has 16 heavy (non-hydrogen) atoms. The molecule has 0 aliphatic carbocycles. The Morgan fingerprint density at radius 3 is 2.94 bits per heavy atom. The van der Waals surface area contributed by atoms with Gasteiger partial charge in [-0.05, 0) is 0 Å². The summed E-state index contributed by atoms with van der Waals surface area (Å²) in [6, 6.07) is 0. The van der Waals surface area contributed by atoms with Crippen molar-refractivity contribution in [2.24, 2.45) is 7.05 Å². The number of anilines is 1. The van der Waals surface area contributed by atoms with Crippen molar-refractivity contribution < 1.29 is 9.13 Å². The predicted molar refractivity (Wildman–Crippen MR) is 61.9 cm³/mol. The van der Waals surface area contributed by atoms with Crippen LogP contribution in [0.5, 0.6) is 0 Å². The lowest BCUT2D eigenvalue weighted by atomic mass is 10.5. The third-order valence-electron chi connectivity index (χ3n) is 1.95. The maximum absolute atomic E-state index is 11.1. The van der Waals surface area contributed by atoms with E-state index in [2.05, 4.69) is 10.4 Å². The van der Waals surface area contributed by atoms with E-state index in [1.54, 1.807) is 7.05 Å². The van der Waals surface area contributed by atoms with Gasteiger partial charge in [0, 0.05) is 35.9 Å². The van der Waals surface area contributed by atoms with Gasteiger partial charge in [0.25, 0.3) is 0 Å². The first kappa shape index (κ1) is 12.6. The summed E-state index contributed by atoms with van der Waals surface area (Å²) in [6.45, 7) is 2.25. The SMILES string of the molecule is CCS(=O)CCNc1nn(C)cc1[N+](=O)[O-]. The van der Waals surface area contributed by atoms with Gasteiger partial charge in [-0.15, -0.1) is 5.10 Å². The van der Waals surface area contributed by atoms with E-state index in [0.29, 0.717) is 18.1 Å². The molecule has 1 aromatic heterocycles. The second kappa shape index (κ2) is 5.59. The van der Waals surface area contributed by atoms with Crippen molar-refractivity contribution in [1.82, 2.24) is 9.78 Å². The van der Waals surface area contributed by atoms with Crippen LogP contribution in [0.3, 0.4) is 0 Å². The Morgan fingerprint density at radius 2 is 2.38 bits per heavy atom. The van der Waals surface area contributed by atoms with Gasteiger partial charge in [0.15, 0.2) is 0 Å². The molecule has 1 aromatic rings. The number of aromatic nitrogens is 2. The van der Waals surface area contributed by atoms with Crippen molar-refractivity contribution in [2.75, 3.05) is 23.4 Å². The highest BCUT2D eigenvalue weighted by Gasteiger charge is 2.17. The normalized spacial score (nSPS) is 12.4. The first-order valence-corrected chi connectivity index (χ1v) is 6.30. The highest BCUT2D eigenvalue weighted by Crippen LogP contribution is 2.20. The average molecular weight is 246 g/mol.